The zero-order valence-electron chi connectivity index (χ0n) is 19.1. The first-order valence-corrected chi connectivity index (χ1v) is 10.7. The van der Waals surface area contributed by atoms with Crippen LogP contribution in [-0.2, 0) is 20.7 Å². The molecule has 33 heavy (non-hydrogen) atoms. The number of benzene rings is 1. The van der Waals surface area contributed by atoms with Crippen LogP contribution in [0.15, 0.2) is 36.5 Å². The predicted octanol–water partition coefficient (Wildman–Crippen LogP) is 1.94. The number of nitrogens with one attached hydrogen (secondary N) is 4. The highest BCUT2D eigenvalue weighted by Gasteiger charge is 2.29. The molecule has 2 heterocycles. The van der Waals surface area contributed by atoms with E-state index in [-0.39, 0.29) is 12.3 Å². The van der Waals surface area contributed by atoms with Gasteiger partial charge in [-0.2, -0.15) is 5.10 Å². The van der Waals surface area contributed by atoms with E-state index < -0.39 is 29.9 Å². The van der Waals surface area contributed by atoms with Crippen LogP contribution in [0.4, 0.5) is 0 Å². The fraction of sp³-hybridized carbons (Fsp3) is 0.391. The van der Waals surface area contributed by atoms with Crippen LogP contribution in [0.2, 0.25) is 0 Å². The van der Waals surface area contributed by atoms with Crippen molar-refractivity contribution in [2.24, 2.45) is 5.92 Å². The molecule has 0 saturated heterocycles. The number of nitrogens with zero attached hydrogens (tertiary/aromatic N) is 1. The number of methoxy groups -OCH3 is 2. The van der Waals surface area contributed by atoms with E-state index in [0.29, 0.717) is 23.6 Å². The standard InChI is InChI=1S/C23H29N5O5/c1-13(2)10-17(21(29)27-19(23(31)33-4)11-14-8-9-24-28-14)26-22(30)18-12-15-16(25-18)6-5-7-20(15)32-3/h5-9,12-13,17,19,25H,10-11H2,1-4H3,(H,24,28)(H,26,30)(H,27,29)/t17-,19?/m0/s1. The number of aromatic nitrogens is 3. The Balaban J connectivity index is 1.77. The largest absolute Gasteiger partial charge is 0.496 e. The summed E-state index contributed by atoms with van der Waals surface area (Å²) in [4.78, 5) is 41.4. The van der Waals surface area contributed by atoms with Crippen LogP contribution in [0, 0.1) is 5.92 Å². The topological polar surface area (TPSA) is 138 Å². The van der Waals surface area contributed by atoms with Gasteiger partial charge < -0.3 is 25.1 Å². The molecule has 4 N–H and O–H groups in total. The molecule has 0 aliphatic rings. The second-order valence-electron chi connectivity index (χ2n) is 8.11. The lowest BCUT2D eigenvalue weighted by molar-refractivity contribution is -0.145. The van der Waals surface area contributed by atoms with Crippen molar-refractivity contribution in [3.05, 3.63) is 47.9 Å². The maximum atomic E-state index is 13.1. The first-order valence-electron chi connectivity index (χ1n) is 10.7. The second kappa shape index (κ2) is 10.7. The molecule has 3 rings (SSSR count). The number of amides is 2. The molecule has 0 aliphatic heterocycles. The molecule has 0 saturated carbocycles. The lowest BCUT2D eigenvalue weighted by Gasteiger charge is -2.23. The van der Waals surface area contributed by atoms with Crippen LogP contribution in [0.3, 0.4) is 0 Å². The number of esters is 1. The third kappa shape index (κ3) is 5.91. The Morgan fingerprint density at radius 1 is 1.09 bits per heavy atom. The fourth-order valence-electron chi connectivity index (χ4n) is 3.59. The van der Waals surface area contributed by atoms with Crippen molar-refractivity contribution >= 4 is 28.7 Å². The van der Waals surface area contributed by atoms with Crippen molar-refractivity contribution in [3.63, 3.8) is 0 Å². The van der Waals surface area contributed by atoms with Gasteiger partial charge >= 0.3 is 5.97 Å². The monoisotopic (exact) mass is 455 g/mol. The molecule has 1 aromatic carbocycles. The van der Waals surface area contributed by atoms with E-state index in [9.17, 15) is 14.4 Å². The minimum absolute atomic E-state index is 0.117. The smallest absolute Gasteiger partial charge is 0.328 e. The average Bonchev–Trinajstić information content (AvgIpc) is 3.46. The van der Waals surface area contributed by atoms with E-state index in [1.807, 2.05) is 26.0 Å². The highest BCUT2D eigenvalue weighted by atomic mass is 16.5. The van der Waals surface area contributed by atoms with Gasteiger partial charge in [-0.3, -0.25) is 14.7 Å². The zero-order valence-corrected chi connectivity index (χ0v) is 19.1. The number of carbonyl (C=O) groups excluding carboxylic acids is 3. The van der Waals surface area contributed by atoms with E-state index in [1.165, 1.54) is 7.11 Å². The Bertz CT molecular complexity index is 1110. The summed E-state index contributed by atoms with van der Waals surface area (Å²) in [5, 5.41) is 13.0. The summed E-state index contributed by atoms with van der Waals surface area (Å²) < 4.78 is 10.2. The number of carbonyl (C=O) groups is 3. The van der Waals surface area contributed by atoms with Crippen LogP contribution in [0.5, 0.6) is 5.75 Å². The Hall–Kier alpha value is -3.82. The number of H-pyrrole nitrogens is 2. The normalized spacial score (nSPS) is 12.9. The van der Waals surface area contributed by atoms with Gasteiger partial charge in [-0.15, -0.1) is 0 Å². The molecule has 176 valence electrons. The molecule has 2 amide bonds. The van der Waals surface area contributed by atoms with Gasteiger partial charge in [-0.25, -0.2) is 4.79 Å². The summed E-state index contributed by atoms with van der Waals surface area (Å²) in [6.45, 7) is 3.89. The molecule has 2 aromatic heterocycles. The number of ether oxygens (including phenoxy) is 2. The lowest BCUT2D eigenvalue weighted by atomic mass is 10.0. The van der Waals surface area contributed by atoms with Crippen LogP contribution >= 0.6 is 0 Å². The number of hydrogen-bond acceptors (Lipinski definition) is 6. The highest BCUT2D eigenvalue weighted by molar-refractivity contribution is 6.01. The zero-order chi connectivity index (χ0) is 24.0. The van der Waals surface area contributed by atoms with E-state index >= 15 is 0 Å². The minimum atomic E-state index is -0.935. The summed E-state index contributed by atoms with van der Waals surface area (Å²) in [7, 11) is 2.81. The molecule has 0 bridgehead atoms. The third-order valence-corrected chi connectivity index (χ3v) is 5.19. The summed E-state index contributed by atoms with van der Waals surface area (Å²) in [5.41, 5.74) is 1.65. The summed E-state index contributed by atoms with van der Waals surface area (Å²) >= 11 is 0. The van der Waals surface area contributed by atoms with Gasteiger partial charge in [0.15, 0.2) is 0 Å². The average molecular weight is 456 g/mol. The van der Waals surface area contributed by atoms with Gasteiger partial charge in [-0.05, 0) is 36.6 Å². The number of hydrogen-bond donors (Lipinski definition) is 4. The first-order chi connectivity index (χ1) is 15.8. The van der Waals surface area contributed by atoms with Gasteiger partial charge in [0, 0.05) is 23.5 Å². The molecule has 0 spiro atoms. The van der Waals surface area contributed by atoms with Crippen LogP contribution < -0.4 is 15.4 Å². The number of fused-ring (bicyclic) bond motifs is 1. The summed E-state index contributed by atoms with van der Waals surface area (Å²) in [6.07, 6.45) is 2.17. The number of rotatable bonds is 10. The van der Waals surface area contributed by atoms with E-state index in [4.69, 9.17) is 9.47 Å². The van der Waals surface area contributed by atoms with Crippen molar-refractivity contribution in [3.8, 4) is 5.75 Å². The molecule has 10 heteroatoms. The van der Waals surface area contributed by atoms with Gasteiger partial charge in [-0.1, -0.05) is 19.9 Å². The third-order valence-electron chi connectivity index (χ3n) is 5.19. The molecule has 0 aliphatic carbocycles. The Morgan fingerprint density at radius 2 is 1.88 bits per heavy atom. The van der Waals surface area contributed by atoms with Crippen LogP contribution in [-0.4, -0.2) is 59.3 Å². The SMILES string of the molecule is COC(=O)C(Cc1cc[nH]n1)NC(=O)[C@H](CC(C)C)NC(=O)c1cc2c(OC)cccc2[nH]1. The summed E-state index contributed by atoms with van der Waals surface area (Å²) in [6, 6.07) is 7.07. The van der Waals surface area contributed by atoms with Gasteiger partial charge in [0.2, 0.25) is 5.91 Å². The molecule has 0 fully saturated rings. The van der Waals surface area contributed by atoms with Crippen molar-refractivity contribution < 1.29 is 23.9 Å². The highest BCUT2D eigenvalue weighted by Crippen LogP contribution is 2.26. The van der Waals surface area contributed by atoms with E-state index in [0.717, 1.165) is 10.9 Å². The van der Waals surface area contributed by atoms with Crippen LogP contribution in [0.25, 0.3) is 10.9 Å². The molecule has 2 atom stereocenters. The Morgan fingerprint density at radius 3 is 2.52 bits per heavy atom. The van der Waals surface area contributed by atoms with E-state index in [1.54, 1.807) is 31.5 Å². The molecule has 3 aromatic rings. The predicted molar refractivity (Wildman–Crippen MR) is 122 cm³/mol. The van der Waals surface area contributed by atoms with Crippen molar-refractivity contribution in [1.29, 1.82) is 0 Å². The van der Waals surface area contributed by atoms with Gasteiger partial charge in [0.1, 0.15) is 23.5 Å². The van der Waals surface area contributed by atoms with Crippen molar-refractivity contribution in [2.75, 3.05) is 14.2 Å². The quantitative estimate of drug-likeness (QED) is 0.345. The molecule has 0 radical (unpaired) electrons. The lowest BCUT2D eigenvalue weighted by Crippen LogP contribution is -2.53. The van der Waals surface area contributed by atoms with Gasteiger partial charge in [0.25, 0.3) is 5.91 Å². The molecular weight excluding hydrogens is 426 g/mol. The Kier molecular flexibility index (Phi) is 7.70. The van der Waals surface area contributed by atoms with Crippen molar-refractivity contribution in [2.45, 2.75) is 38.8 Å². The number of aromatic amines is 2. The molecule has 1 unspecified atom stereocenters. The van der Waals surface area contributed by atoms with Crippen LogP contribution in [0.1, 0.15) is 36.5 Å². The minimum Gasteiger partial charge on any atom is -0.496 e. The molecular formula is C23H29N5O5. The summed E-state index contributed by atoms with van der Waals surface area (Å²) in [5.74, 6) is -0.748. The second-order valence-corrected chi connectivity index (χ2v) is 8.11. The first kappa shape index (κ1) is 23.8. The Labute approximate surface area is 191 Å². The maximum absolute atomic E-state index is 13.1. The van der Waals surface area contributed by atoms with E-state index in [2.05, 4.69) is 25.8 Å². The maximum Gasteiger partial charge on any atom is 0.328 e. The van der Waals surface area contributed by atoms with Gasteiger partial charge in [0.05, 0.1) is 19.9 Å². The van der Waals surface area contributed by atoms with Crippen molar-refractivity contribution in [1.82, 2.24) is 25.8 Å². The molecule has 10 nitrogen and oxygen atoms in total. The fourth-order valence-corrected chi connectivity index (χ4v) is 3.59.